The number of nitrogens with zero attached hydrogens (tertiary/aromatic N) is 4. The molecule has 0 spiro atoms. The number of carbonyl (C=O) groups is 1. The Bertz CT molecular complexity index is 1220. The minimum absolute atomic E-state index is 0.156. The van der Waals surface area contributed by atoms with Crippen molar-refractivity contribution in [3.05, 3.63) is 87.2 Å². The molecule has 31 heavy (non-hydrogen) atoms. The first kappa shape index (κ1) is 21.7. The Morgan fingerprint density at radius 3 is 2.61 bits per heavy atom. The Labute approximate surface area is 182 Å². The van der Waals surface area contributed by atoms with E-state index in [9.17, 15) is 20.2 Å². The zero-order valence-electron chi connectivity index (χ0n) is 16.7. The van der Waals surface area contributed by atoms with Crippen molar-refractivity contribution >= 4 is 35.1 Å². The molecule has 0 radical (unpaired) electrons. The van der Waals surface area contributed by atoms with E-state index in [4.69, 9.17) is 0 Å². The van der Waals surface area contributed by atoms with E-state index >= 15 is 0 Å². The second-order valence-electron chi connectivity index (χ2n) is 6.55. The Balaban J connectivity index is 1.98. The van der Waals surface area contributed by atoms with Crippen molar-refractivity contribution in [2.24, 2.45) is 0 Å². The number of nitrogens with one attached hydrogen (secondary N) is 1. The number of nitro benzene ring substituents is 1. The number of hydrogen-bond donors (Lipinski definition) is 1. The molecule has 0 unspecified atom stereocenters. The van der Waals surface area contributed by atoms with Crippen LogP contribution in [0.1, 0.15) is 16.7 Å². The number of hydrogen-bond acceptors (Lipinski definition) is 7. The topological polar surface area (TPSA) is 122 Å². The van der Waals surface area contributed by atoms with Gasteiger partial charge in [-0.05, 0) is 66.6 Å². The number of nitriles is 1. The van der Waals surface area contributed by atoms with E-state index < -0.39 is 10.8 Å². The van der Waals surface area contributed by atoms with Crippen molar-refractivity contribution in [3.8, 4) is 6.07 Å². The molecule has 0 aliphatic rings. The molecule has 0 saturated heterocycles. The summed E-state index contributed by atoms with van der Waals surface area (Å²) in [6, 6.07) is 13.4. The van der Waals surface area contributed by atoms with Crippen LogP contribution in [0.15, 0.2) is 70.5 Å². The summed E-state index contributed by atoms with van der Waals surface area (Å²) in [6.45, 7) is 3.74. The molecule has 0 fully saturated rings. The van der Waals surface area contributed by atoms with Crippen molar-refractivity contribution in [2.45, 2.75) is 23.9 Å². The molecule has 1 amide bonds. The predicted octanol–water partition coefficient (Wildman–Crippen LogP) is 4.70. The lowest BCUT2D eigenvalue weighted by molar-refractivity contribution is -0.384. The summed E-state index contributed by atoms with van der Waals surface area (Å²) in [5.41, 5.74) is 2.42. The maximum Gasteiger partial charge on any atom is 0.270 e. The van der Waals surface area contributed by atoms with Crippen molar-refractivity contribution in [1.29, 1.82) is 5.26 Å². The first-order valence-electron chi connectivity index (χ1n) is 9.11. The predicted molar refractivity (Wildman–Crippen MR) is 117 cm³/mol. The summed E-state index contributed by atoms with van der Waals surface area (Å²) in [5, 5.41) is 24.0. The third-order valence-electron chi connectivity index (χ3n) is 4.25. The van der Waals surface area contributed by atoms with Crippen LogP contribution in [0.25, 0.3) is 6.08 Å². The molecule has 1 N–H and O–H groups in total. The van der Waals surface area contributed by atoms with Gasteiger partial charge in [-0.3, -0.25) is 14.9 Å². The van der Waals surface area contributed by atoms with Gasteiger partial charge in [0.2, 0.25) is 0 Å². The van der Waals surface area contributed by atoms with Crippen molar-refractivity contribution in [3.63, 3.8) is 0 Å². The van der Waals surface area contributed by atoms with Gasteiger partial charge in [-0.2, -0.15) is 5.26 Å². The van der Waals surface area contributed by atoms with E-state index in [1.807, 2.05) is 38.1 Å². The number of benzene rings is 2. The lowest BCUT2D eigenvalue weighted by atomic mass is 10.1. The molecule has 2 aromatic carbocycles. The number of nitro groups is 1. The van der Waals surface area contributed by atoms with Crippen LogP contribution < -0.4 is 5.32 Å². The standard InChI is InChI=1S/C22H17N5O3S/c1-14-4-5-15(2)19(10-14)26-21(28)17(13-23)11-16-12-18(27(29)30)6-7-20(16)31-22-24-8-3-9-25-22/h3-12H,1-2H3,(H,26,28)/b17-11+. The number of non-ortho nitro benzene ring substituents is 1. The highest BCUT2D eigenvalue weighted by Crippen LogP contribution is 2.32. The zero-order valence-corrected chi connectivity index (χ0v) is 17.5. The maximum absolute atomic E-state index is 12.7. The number of rotatable bonds is 6. The number of anilines is 1. The molecule has 9 heteroatoms. The molecule has 8 nitrogen and oxygen atoms in total. The van der Waals surface area contributed by atoms with Gasteiger partial charge in [0.1, 0.15) is 11.6 Å². The lowest BCUT2D eigenvalue weighted by Crippen LogP contribution is -2.14. The highest BCUT2D eigenvalue weighted by Gasteiger charge is 2.16. The highest BCUT2D eigenvalue weighted by molar-refractivity contribution is 7.99. The molecular formula is C22H17N5O3S. The minimum atomic E-state index is -0.602. The van der Waals surface area contributed by atoms with Gasteiger partial charge < -0.3 is 5.32 Å². The first-order chi connectivity index (χ1) is 14.9. The first-order valence-corrected chi connectivity index (χ1v) is 9.92. The Morgan fingerprint density at radius 2 is 1.94 bits per heavy atom. The van der Waals surface area contributed by atoms with E-state index in [1.54, 1.807) is 24.5 Å². The largest absolute Gasteiger partial charge is 0.321 e. The fraction of sp³-hybridized carbons (Fsp3) is 0.0909. The molecule has 0 bridgehead atoms. The summed E-state index contributed by atoms with van der Waals surface area (Å²) in [6.07, 6.45) is 4.49. The van der Waals surface area contributed by atoms with E-state index in [2.05, 4.69) is 15.3 Å². The monoisotopic (exact) mass is 431 g/mol. The fourth-order valence-corrected chi connectivity index (χ4v) is 3.45. The molecule has 3 rings (SSSR count). The van der Waals surface area contributed by atoms with Gasteiger partial charge in [-0.25, -0.2) is 9.97 Å². The molecule has 154 valence electrons. The van der Waals surface area contributed by atoms with Crippen LogP contribution in [0.5, 0.6) is 0 Å². The fourth-order valence-electron chi connectivity index (χ4n) is 2.66. The van der Waals surface area contributed by atoms with Crippen molar-refractivity contribution < 1.29 is 9.72 Å². The molecule has 0 atom stereocenters. The molecular weight excluding hydrogens is 414 g/mol. The molecule has 1 heterocycles. The Kier molecular flexibility index (Phi) is 6.74. The lowest BCUT2D eigenvalue weighted by Gasteiger charge is -2.09. The number of aryl methyl sites for hydroxylation is 2. The highest BCUT2D eigenvalue weighted by atomic mass is 32.2. The average molecular weight is 431 g/mol. The van der Waals surface area contributed by atoms with Gasteiger partial charge in [0.05, 0.1) is 4.92 Å². The number of aromatic nitrogens is 2. The van der Waals surface area contributed by atoms with Crippen LogP contribution in [0.4, 0.5) is 11.4 Å². The third-order valence-corrected chi connectivity index (χ3v) is 5.24. The smallest absolute Gasteiger partial charge is 0.270 e. The minimum Gasteiger partial charge on any atom is -0.321 e. The SMILES string of the molecule is Cc1ccc(C)c(NC(=O)/C(C#N)=C/c2cc([N+](=O)[O-])ccc2Sc2ncccn2)c1. The van der Waals surface area contributed by atoms with Crippen LogP contribution in [0.2, 0.25) is 0 Å². The summed E-state index contributed by atoms with van der Waals surface area (Å²) in [4.78, 5) is 32.3. The van der Waals surface area contributed by atoms with Gasteiger partial charge in [-0.1, -0.05) is 12.1 Å². The molecule has 0 aliphatic carbocycles. The molecule has 1 aromatic heterocycles. The summed E-state index contributed by atoms with van der Waals surface area (Å²) < 4.78 is 0. The summed E-state index contributed by atoms with van der Waals surface area (Å²) in [5.74, 6) is -0.602. The van der Waals surface area contributed by atoms with Crippen molar-refractivity contribution in [1.82, 2.24) is 9.97 Å². The normalized spacial score (nSPS) is 10.9. The van der Waals surface area contributed by atoms with Crippen molar-refractivity contribution in [2.75, 3.05) is 5.32 Å². The Morgan fingerprint density at radius 1 is 1.19 bits per heavy atom. The van der Waals surface area contributed by atoms with Gasteiger partial charge in [0, 0.05) is 35.1 Å². The van der Waals surface area contributed by atoms with E-state index in [0.717, 1.165) is 11.1 Å². The second-order valence-corrected chi connectivity index (χ2v) is 7.56. The third kappa shape index (κ3) is 5.52. The number of amides is 1. The van der Waals surface area contributed by atoms with E-state index in [0.29, 0.717) is 21.3 Å². The van der Waals surface area contributed by atoms with Crippen LogP contribution in [0.3, 0.4) is 0 Å². The molecule has 0 saturated carbocycles. The van der Waals surface area contributed by atoms with Crippen LogP contribution >= 0.6 is 11.8 Å². The van der Waals surface area contributed by atoms with Crippen LogP contribution in [-0.2, 0) is 4.79 Å². The van der Waals surface area contributed by atoms with Crippen LogP contribution in [-0.4, -0.2) is 20.8 Å². The summed E-state index contributed by atoms with van der Waals surface area (Å²) >= 11 is 1.18. The van der Waals surface area contributed by atoms with E-state index in [-0.39, 0.29) is 11.3 Å². The van der Waals surface area contributed by atoms with Gasteiger partial charge in [-0.15, -0.1) is 0 Å². The Hall–Kier alpha value is -4.03. The van der Waals surface area contributed by atoms with Gasteiger partial charge in [0.15, 0.2) is 5.16 Å². The second kappa shape index (κ2) is 9.65. The van der Waals surface area contributed by atoms with Gasteiger partial charge >= 0.3 is 0 Å². The quantitative estimate of drug-likeness (QED) is 0.197. The van der Waals surface area contributed by atoms with Crippen LogP contribution in [0, 0.1) is 35.3 Å². The zero-order chi connectivity index (χ0) is 22.4. The average Bonchev–Trinajstić information content (AvgIpc) is 2.76. The molecule has 3 aromatic rings. The van der Waals surface area contributed by atoms with Gasteiger partial charge in [0.25, 0.3) is 11.6 Å². The van der Waals surface area contributed by atoms with E-state index in [1.165, 1.54) is 30.0 Å². The molecule has 0 aliphatic heterocycles. The number of carbonyl (C=O) groups excluding carboxylic acids is 1. The summed E-state index contributed by atoms with van der Waals surface area (Å²) in [7, 11) is 0. The maximum atomic E-state index is 12.7.